The van der Waals surface area contributed by atoms with E-state index in [1.807, 2.05) is 32.0 Å². The molecule has 9 nitrogen and oxygen atoms in total. The van der Waals surface area contributed by atoms with Crippen molar-refractivity contribution in [2.24, 2.45) is 0 Å². The Morgan fingerprint density at radius 3 is 2.16 bits per heavy atom. The van der Waals surface area contributed by atoms with Gasteiger partial charge < -0.3 is 25.0 Å². The molecule has 2 rings (SSSR count). The van der Waals surface area contributed by atoms with E-state index in [9.17, 15) is 19.2 Å². The number of amides is 3. The van der Waals surface area contributed by atoms with Gasteiger partial charge >= 0.3 is 12.1 Å². The zero-order valence-corrected chi connectivity index (χ0v) is 19.6. The molecule has 1 aromatic rings. The molecular weight excluding hydrogens is 414 g/mol. The molecule has 0 bridgehead atoms. The van der Waals surface area contributed by atoms with Crippen LogP contribution in [0.1, 0.15) is 56.3 Å². The van der Waals surface area contributed by atoms with E-state index in [1.165, 1.54) is 12.0 Å². The summed E-state index contributed by atoms with van der Waals surface area (Å²) in [5.41, 5.74) is 1.70. The Bertz CT molecular complexity index is 853. The zero-order chi connectivity index (χ0) is 24.1. The molecule has 0 aliphatic heterocycles. The van der Waals surface area contributed by atoms with E-state index in [0.29, 0.717) is 5.56 Å². The fraction of sp³-hybridized carbons (Fsp3) is 0.565. The second-order valence-corrected chi connectivity index (χ2v) is 8.89. The Morgan fingerprint density at radius 2 is 1.66 bits per heavy atom. The fourth-order valence-electron chi connectivity index (χ4n) is 3.45. The SMILES string of the molecule is COC(=O)CNC(=O)C(c1c(C)cccc1C)N(C(=O)CNC(=O)OC(C)(C)C)C1CC1. The van der Waals surface area contributed by atoms with Gasteiger partial charge in [0.25, 0.3) is 0 Å². The van der Waals surface area contributed by atoms with E-state index >= 15 is 0 Å². The Labute approximate surface area is 188 Å². The number of hydrogen-bond acceptors (Lipinski definition) is 6. The average Bonchev–Trinajstić information content (AvgIpc) is 3.52. The van der Waals surface area contributed by atoms with Crippen LogP contribution in [0.25, 0.3) is 0 Å². The van der Waals surface area contributed by atoms with Crippen LogP contribution in [0, 0.1) is 13.8 Å². The van der Waals surface area contributed by atoms with Crippen LogP contribution >= 0.6 is 0 Å². The summed E-state index contributed by atoms with van der Waals surface area (Å²) in [7, 11) is 1.24. The number of aryl methyl sites for hydroxylation is 2. The lowest BCUT2D eigenvalue weighted by Gasteiger charge is -2.33. The van der Waals surface area contributed by atoms with E-state index in [2.05, 4.69) is 15.4 Å². The first kappa shape index (κ1) is 25.2. The molecule has 1 saturated carbocycles. The minimum atomic E-state index is -0.943. The summed E-state index contributed by atoms with van der Waals surface area (Å²) in [6, 6.07) is 4.55. The molecular formula is C23H33N3O6. The highest BCUT2D eigenvalue weighted by atomic mass is 16.6. The molecule has 1 atom stereocenters. The van der Waals surface area contributed by atoms with Crippen LogP contribution in [0.2, 0.25) is 0 Å². The maximum absolute atomic E-state index is 13.2. The molecule has 0 spiro atoms. The molecule has 0 radical (unpaired) electrons. The van der Waals surface area contributed by atoms with Crippen LogP contribution in [-0.2, 0) is 23.9 Å². The molecule has 1 unspecified atom stereocenters. The number of hydrogen-bond donors (Lipinski definition) is 2. The zero-order valence-electron chi connectivity index (χ0n) is 19.6. The van der Waals surface area contributed by atoms with Crippen LogP contribution in [-0.4, -0.2) is 60.6 Å². The van der Waals surface area contributed by atoms with Crippen molar-refractivity contribution < 1.29 is 28.7 Å². The largest absolute Gasteiger partial charge is 0.468 e. The number of rotatable bonds is 8. The Balaban J connectivity index is 2.31. The number of nitrogens with zero attached hydrogens (tertiary/aromatic N) is 1. The average molecular weight is 448 g/mol. The molecule has 1 aromatic carbocycles. The van der Waals surface area contributed by atoms with Gasteiger partial charge in [-0.25, -0.2) is 4.79 Å². The van der Waals surface area contributed by atoms with Crippen LogP contribution in [0.3, 0.4) is 0 Å². The quantitative estimate of drug-likeness (QED) is 0.590. The maximum Gasteiger partial charge on any atom is 0.408 e. The number of esters is 1. The summed E-state index contributed by atoms with van der Waals surface area (Å²) in [5.74, 6) is -1.47. The molecule has 1 aliphatic carbocycles. The Hall–Kier alpha value is -3.10. The van der Waals surface area contributed by atoms with Gasteiger partial charge in [0.2, 0.25) is 11.8 Å². The van der Waals surface area contributed by atoms with Crippen molar-refractivity contribution in [3.8, 4) is 0 Å². The standard InChI is InChI=1S/C23H33N3O6/c1-14-8-7-9-15(2)19(14)20(21(29)24-13-18(28)31-6)26(16-10-11-16)17(27)12-25-22(30)32-23(3,4)5/h7-9,16,20H,10-13H2,1-6H3,(H,24,29)(H,25,30). The first-order valence-electron chi connectivity index (χ1n) is 10.6. The first-order chi connectivity index (χ1) is 14.9. The maximum atomic E-state index is 13.2. The lowest BCUT2D eigenvalue weighted by Crippen LogP contribution is -2.49. The summed E-state index contributed by atoms with van der Waals surface area (Å²) in [5, 5.41) is 5.06. The van der Waals surface area contributed by atoms with Crippen LogP contribution < -0.4 is 10.6 Å². The summed E-state index contributed by atoms with van der Waals surface area (Å²) in [6.45, 7) is 8.32. The molecule has 176 valence electrons. The molecule has 0 heterocycles. The molecule has 1 fully saturated rings. The van der Waals surface area contributed by atoms with Crippen molar-refractivity contribution in [1.29, 1.82) is 0 Å². The van der Waals surface area contributed by atoms with E-state index in [4.69, 9.17) is 4.74 Å². The number of benzene rings is 1. The highest BCUT2D eigenvalue weighted by molar-refractivity contribution is 5.92. The second-order valence-electron chi connectivity index (χ2n) is 8.89. The minimum absolute atomic E-state index is 0.129. The second kappa shape index (κ2) is 10.5. The molecule has 0 saturated heterocycles. The fourth-order valence-corrected chi connectivity index (χ4v) is 3.45. The van der Waals surface area contributed by atoms with Crippen molar-refractivity contribution in [1.82, 2.24) is 15.5 Å². The number of nitrogens with one attached hydrogen (secondary N) is 2. The summed E-state index contributed by atoms with van der Waals surface area (Å²) >= 11 is 0. The smallest absolute Gasteiger partial charge is 0.408 e. The predicted molar refractivity (Wildman–Crippen MR) is 118 cm³/mol. The number of carbonyl (C=O) groups excluding carboxylic acids is 4. The van der Waals surface area contributed by atoms with Crippen LogP contribution in [0.5, 0.6) is 0 Å². The Kier molecular flexibility index (Phi) is 8.24. The molecule has 3 amide bonds. The third kappa shape index (κ3) is 6.96. The minimum Gasteiger partial charge on any atom is -0.468 e. The van der Waals surface area contributed by atoms with Gasteiger partial charge in [-0.2, -0.15) is 0 Å². The molecule has 32 heavy (non-hydrogen) atoms. The van der Waals surface area contributed by atoms with Crippen molar-refractivity contribution in [3.63, 3.8) is 0 Å². The number of methoxy groups -OCH3 is 1. The molecule has 9 heteroatoms. The van der Waals surface area contributed by atoms with Gasteiger partial charge in [0.15, 0.2) is 0 Å². The lowest BCUT2D eigenvalue weighted by atomic mass is 9.94. The topological polar surface area (TPSA) is 114 Å². The van der Waals surface area contributed by atoms with Gasteiger partial charge in [-0.1, -0.05) is 18.2 Å². The van der Waals surface area contributed by atoms with E-state index < -0.39 is 35.5 Å². The predicted octanol–water partition coefficient (Wildman–Crippen LogP) is 2.15. The summed E-state index contributed by atoms with van der Waals surface area (Å²) in [6.07, 6.45) is 0.800. The van der Waals surface area contributed by atoms with Gasteiger partial charge in [0.1, 0.15) is 24.7 Å². The van der Waals surface area contributed by atoms with Crippen molar-refractivity contribution in [2.75, 3.05) is 20.2 Å². The molecule has 0 aromatic heterocycles. The summed E-state index contributed by atoms with van der Waals surface area (Å²) < 4.78 is 9.81. The highest BCUT2D eigenvalue weighted by Crippen LogP contribution is 2.37. The van der Waals surface area contributed by atoms with Gasteiger partial charge in [0.05, 0.1) is 7.11 Å². The normalized spacial score (nSPS) is 14.2. The first-order valence-corrected chi connectivity index (χ1v) is 10.6. The number of carbonyl (C=O) groups is 4. The van der Waals surface area contributed by atoms with Crippen LogP contribution in [0.4, 0.5) is 4.79 Å². The molecule has 2 N–H and O–H groups in total. The van der Waals surface area contributed by atoms with Gasteiger partial charge in [0, 0.05) is 6.04 Å². The third-order valence-electron chi connectivity index (χ3n) is 4.99. The van der Waals surface area contributed by atoms with E-state index in [0.717, 1.165) is 24.0 Å². The van der Waals surface area contributed by atoms with Gasteiger partial charge in [-0.15, -0.1) is 0 Å². The monoisotopic (exact) mass is 447 g/mol. The van der Waals surface area contributed by atoms with Crippen molar-refractivity contribution in [3.05, 3.63) is 34.9 Å². The Morgan fingerprint density at radius 1 is 1.06 bits per heavy atom. The highest BCUT2D eigenvalue weighted by Gasteiger charge is 2.42. The molecule has 1 aliphatic rings. The van der Waals surface area contributed by atoms with E-state index in [1.54, 1.807) is 20.8 Å². The van der Waals surface area contributed by atoms with Gasteiger partial charge in [-0.3, -0.25) is 14.4 Å². The van der Waals surface area contributed by atoms with Gasteiger partial charge in [-0.05, 0) is 64.2 Å². The lowest BCUT2D eigenvalue weighted by molar-refractivity contribution is -0.144. The van der Waals surface area contributed by atoms with Crippen LogP contribution in [0.15, 0.2) is 18.2 Å². The van der Waals surface area contributed by atoms with Crippen molar-refractivity contribution in [2.45, 2.75) is 65.1 Å². The van der Waals surface area contributed by atoms with Crippen molar-refractivity contribution >= 4 is 23.9 Å². The van der Waals surface area contributed by atoms with E-state index in [-0.39, 0.29) is 19.1 Å². The third-order valence-corrected chi connectivity index (χ3v) is 4.99. The number of alkyl carbamates (subject to hydrolysis) is 1. The number of ether oxygens (including phenoxy) is 2. The summed E-state index contributed by atoms with van der Waals surface area (Å²) in [4.78, 5) is 51.6.